The fraction of sp³-hybridized carbons (Fsp3) is 0.364. The first-order valence-corrected chi connectivity index (χ1v) is 4.93. The molecule has 2 N–H and O–H groups in total. The Bertz CT molecular complexity index is 348. The van der Waals surface area contributed by atoms with Crippen LogP contribution in [0, 0.1) is 0 Å². The van der Waals surface area contributed by atoms with E-state index < -0.39 is 0 Å². The number of nitrogens with two attached hydrogens (primary N) is 1. The van der Waals surface area contributed by atoms with Crippen molar-refractivity contribution in [3.63, 3.8) is 0 Å². The predicted molar refractivity (Wildman–Crippen MR) is 63.2 cm³/mol. The Balaban J connectivity index is 0.00000112. The topological polar surface area (TPSA) is 46.3 Å². The summed E-state index contributed by atoms with van der Waals surface area (Å²) in [4.78, 5) is 13.8. The number of likely N-dealkylation sites (tertiary alicyclic amines) is 1. The van der Waals surface area contributed by atoms with Gasteiger partial charge in [-0.25, -0.2) is 0 Å². The van der Waals surface area contributed by atoms with Crippen LogP contribution in [-0.4, -0.2) is 23.9 Å². The van der Waals surface area contributed by atoms with E-state index in [4.69, 9.17) is 5.73 Å². The van der Waals surface area contributed by atoms with E-state index in [1.807, 2.05) is 17.0 Å². The van der Waals surface area contributed by atoms with E-state index in [1.165, 1.54) is 0 Å². The molecule has 0 atom stereocenters. The summed E-state index contributed by atoms with van der Waals surface area (Å²) in [6.45, 7) is 1.74. The second kappa shape index (κ2) is 5.03. The Labute approximate surface area is 95.7 Å². The molecule has 0 aliphatic carbocycles. The van der Waals surface area contributed by atoms with Gasteiger partial charge in [-0.3, -0.25) is 4.79 Å². The number of amides is 1. The number of hydrogen-bond donors (Lipinski definition) is 1. The summed E-state index contributed by atoms with van der Waals surface area (Å²) in [6, 6.07) is 7.25. The summed E-state index contributed by atoms with van der Waals surface area (Å²) < 4.78 is 0. The minimum absolute atomic E-state index is 0. The van der Waals surface area contributed by atoms with E-state index in [1.54, 1.807) is 12.1 Å². The molecule has 0 spiro atoms. The van der Waals surface area contributed by atoms with E-state index in [-0.39, 0.29) is 18.3 Å². The first-order chi connectivity index (χ1) is 6.79. The fourth-order valence-corrected chi connectivity index (χ4v) is 1.78. The molecular formula is C11H15ClN2O. The molecule has 0 bridgehead atoms. The number of nitrogen functional groups attached to an aromatic ring is 1. The number of carbonyl (C=O) groups excluding carboxylic acids is 1. The Morgan fingerprint density at radius 1 is 1.20 bits per heavy atom. The van der Waals surface area contributed by atoms with Crippen LogP contribution in [0.15, 0.2) is 24.3 Å². The van der Waals surface area contributed by atoms with Crippen molar-refractivity contribution >= 4 is 24.0 Å². The Hall–Kier alpha value is -1.22. The van der Waals surface area contributed by atoms with Gasteiger partial charge in [-0.1, -0.05) is 12.1 Å². The molecule has 82 valence electrons. The summed E-state index contributed by atoms with van der Waals surface area (Å²) in [7, 11) is 0. The maximum Gasteiger partial charge on any atom is 0.255 e. The van der Waals surface area contributed by atoms with Gasteiger partial charge < -0.3 is 10.6 Å². The lowest BCUT2D eigenvalue weighted by atomic mass is 10.1. The molecule has 0 unspecified atom stereocenters. The third kappa shape index (κ3) is 2.42. The van der Waals surface area contributed by atoms with Crippen molar-refractivity contribution < 1.29 is 4.79 Å². The van der Waals surface area contributed by atoms with Crippen LogP contribution in [-0.2, 0) is 0 Å². The van der Waals surface area contributed by atoms with E-state index in [0.717, 1.165) is 25.9 Å². The van der Waals surface area contributed by atoms with Gasteiger partial charge in [-0.2, -0.15) is 0 Å². The summed E-state index contributed by atoms with van der Waals surface area (Å²) >= 11 is 0. The van der Waals surface area contributed by atoms with Crippen LogP contribution >= 0.6 is 12.4 Å². The van der Waals surface area contributed by atoms with Gasteiger partial charge in [0, 0.05) is 18.8 Å². The lowest BCUT2D eigenvalue weighted by Gasteiger charge is -2.16. The van der Waals surface area contributed by atoms with Crippen molar-refractivity contribution in [2.45, 2.75) is 12.8 Å². The first-order valence-electron chi connectivity index (χ1n) is 4.93. The van der Waals surface area contributed by atoms with Crippen molar-refractivity contribution in [3.05, 3.63) is 29.8 Å². The van der Waals surface area contributed by atoms with Gasteiger partial charge in [-0.15, -0.1) is 12.4 Å². The predicted octanol–water partition coefficient (Wildman–Crippen LogP) is 1.93. The Morgan fingerprint density at radius 3 is 2.40 bits per heavy atom. The third-order valence-corrected chi connectivity index (χ3v) is 2.58. The maximum absolute atomic E-state index is 11.9. The smallest absolute Gasteiger partial charge is 0.255 e. The van der Waals surface area contributed by atoms with E-state index in [9.17, 15) is 4.79 Å². The van der Waals surface area contributed by atoms with E-state index in [2.05, 4.69) is 0 Å². The normalized spacial score (nSPS) is 14.8. The first kappa shape index (κ1) is 11.9. The molecule has 1 heterocycles. The molecule has 0 aromatic heterocycles. The second-order valence-corrected chi connectivity index (χ2v) is 3.59. The number of nitrogens with zero attached hydrogens (tertiary/aromatic N) is 1. The van der Waals surface area contributed by atoms with E-state index >= 15 is 0 Å². The van der Waals surface area contributed by atoms with Crippen LogP contribution in [0.1, 0.15) is 23.2 Å². The molecule has 1 aromatic carbocycles. The highest BCUT2D eigenvalue weighted by atomic mass is 35.5. The van der Waals surface area contributed by atoms with Gasteiger partial charge in [0.05, 0.1) is 5.56 Å². The average Bonchev–Trinajstić information content (AvgIpc) is 2.70. The number of carbonyl (C=O) groups is 1. The number of benzene rings is 1. The summed E-state index contributed by atoms with van der Waals surface area (Å²) in [5.74, 6) is 0.0700. The van der Waals surface area contributed by atoms with Gasteiger partial charge in [0.1, 0.15) is 0 Å². The molecule has 1 aromatic rings. The minimum atomic E-state index is 0. The lowest BCUT2D eigenvalue weighted by Crippen LogP contribution is -2.28. The molecule has 2 rings (SSSR count). The molecule has 1 fully saturated rings. The molecule has 3 nitrogen and oxygen atoms in total. The third-order valence-electron chi connectivity index (χ3n) is 2.58. The zero-order valence-electron chi connectivity index (χ0n) is 8.48. The molecule has 1 amide bonds. The molecule has 4 heteroatoms. The van der Waals surface area contributed by atoms with Gasteiger partial charge in [0.15, 0.2) is 0 Å². The van der Waals surface area contributed by atoms with Crippen molar-refractivity contribution in [2.75, 3.05) is 18.8 Å². The molecule has 15 heavy (non-hydrogen) atoms. The van der Waals surface area contributed by atoms with Gasteiger partial charge >= 0.3 is 0 Å². The van der Waals surface area contributed by atoms with Crippen LogP contribution < -0.4 is 5.73 Å². The highest BCUT2D eigenvalue weighted by Crippen LogP contribution is 2.17. The highest BCUT2D eigenvalue weighted by molar-refractivity contribution is 5.99. The molecule has 1 aliphatic heterocycles. The monoisotopic (exact) mass is 226 g/mol. The zero-order chi connectivity index (χ0) is 9.97. The summed E-state index contributed by atoms with van der Waals surface area (Å²) in [6.07, 6.45) is 2.22. The molecule has 1 saturated heterocycles. The van der Waals surface area contributed by atoms with Crippen LogP contribution in [0.25, 0.3) is 0 Å². The average molecular weight is 227 g/mol. The number of hydrogen-bond acceptors (Lipinski definition) is 2. The summed E-state index contributed by atoms with van der Waals surface area (Å²) in [5, 5.41) is 0. The van der Waals surface area contributed by atoms with Gasteiger partial charge in [-0.05, 0) is 25.0 Å². The lowest BCUT2D eigenvalue weighted by molar-refractivity contribution is 0.0794. The number of rotatable bonds is 1. The number of anilines is 1. The van der Waals surface area contributed by atoms with Crippen LogP contribution in [0.3, 0.4) is 0 Å². The van der Waals surface area contributed by atoms with Crippen molar-refractivity contribution in [2.24, 2.45) is 0 Å². The largest absolute Gasteiger partial charge is 0.398 e. The van der Waals surface area contributed by atoms with Crippen LogP contribution in [0.5, 0.6) is 0 Å². The molecule has 0 radical (unpaired) electrons. The minimum Gasteiger partial charge on any atom is -0.398 e. The zero-order valence-corrected chi connectivity index (χ0v) is 9.30. The quantitative estimate of drug-likeness (QED) is 0.744. The Morgan fingerprint density at radius 2 is 1.80 bits per heavy atom. The van der Waals surface area contributed by atoms with Crippen LogP contribution in [0.4, 0.5) is 5.69 Å². The van der Waals surface area contributed by atoms with Crippen LogP contribution in [0.2, 0.25) is 0 Å². The number of para-hydroxylation sites is 1. The van der Waals surface area contributed by atoms with Crippen molar-refractivity contribution in [1.29, 1.82) is 0 Å². The van der Waals surface area contributed by atoms with Crippen molar-refractivity contribution in [1.82, 2.24) is 4.90 Å². The molecular weight excluding hydrogens is 212 g/mol. The highest BCUT2D eigenvalue weighted by Gasteiger charge is 2.20. The molecule has 0 saturated carbocycles. The van der Waals surface area contributed by atoms with Crippen molar-refractivity contribution in [3.8, 4) is 0 Å². The molecule has 1 aliphatic rings. The number of halogens is 1. The van der Waals surface area contributed by atoms with E-state index in [0.29, 0.717) is 11.3 Å². The summed E-state index contributed by atoms with van der Waals surface area (Å²) in [5.41, 5.74) is 6.95. The SMILES string of the molecule is Cl.Nc1ccccc1C(=O)N1CCCC1. The second-order valence-electron chi connectivity index (χ2n) is 3.59. The standard InChI is InChI=1S/C11H14N2O.ClH/c12-10-6-2-1-5-9(10)11(14)13-7-3-4-8-13;/h1-2,5-6H,3-4,7-8,12H2;1H. The maximum atomic E-state index is 11.9. The van der Waals surface area contributed by atoms with Gasteiger partial charge in [0.25, 0.3) is 5.91 Å². The fourth-order valence-electron chi connectivity index (χ4n) is 1.78. The van der Waals surface area contributed by atoms with Gasteiger partial charge in [0.2, 0.25) is 0 Å². The Kier molecular flexibility index (Phi) is 3.97.